The van der Waals surface area contributed by atoms with E-state index < -0.39 is 0 Å². The molecule has 1 aromatic heterocycles. The van der Waals surface area contributed by atoms with E-state index in [2.05, 4.69) is 25.9 Å². The van der Waals surface area contributed by atoms with Crippen molar-refractivity contribution in [1.29, 1.82) is 0 Å². The molecule has 0 saturated heterocycles. The van der Waals surface area contributed by atoms with Gasteiger partial charge in [0.2, 0.25) is 0 Å². The molecule has 3 aromatic rings. The third-order valence-electron chi connectivity index (χ3n) is 2.58. The molecule has 2 aromatic carbocycles. The second-order valence-corrected chi connectivity index (χ2v) is 4.58. The molecule has 1 heterocycles. The van der Waals surface area contributed by atoms with Gasteiger partial charge in [0.1, 0.15) is 11.6 Å². The van der Waals surface area contributed by atoms with Gasteiger partial charge in [-0.3, -0.25) is 0 Å². The standard InChI is InChI=1S/C13H8BrFN2/c14-10-7-8(15)5-6-9(10)13-16-11-3-1-2-4-12(11)17-13/h1-7H,(H,16,17). The predicted molar refractivity (Wildman–Crippen MR) is 69.2 cm³/mol. The zero-order valence-electron chi connectivity index (χ0n) is 8.74. The smallest absolute Gasteiger partial charge is 0.139 e. The van der Waals surface area contributed by atoms with Crippen LogP contribution in [0.3, 0.4) is 0 Å². The second-order valence-electron chi connectivity index (χ2n) is 3.73. The predicted octanol–water partition coefficient (Wildman–Crippen LogP) is 4.13. The number of aromatic nitrogens is 2. The lowest BCUT2D eigenvalue weighted by Gasteiger charge is -2.00. The summed E-state index contributed by atoms with van der Waals surface area (Å²) < 4.78 is 13.7. The van der Waals surface area contributed by atoms with Crippen LogP contribution >= 0.6 is 15.9 Å². The second kappa shape index (κ2) is 3.96. The van der Waals surface area contributed by atoms with E-state index in [1.807, 2.05) is 24.3 Å². The highest BCUT2D eigenvalue weighted by atomic mass is 79.9. The summed E-state index contributed by atoms with van der Waals surface area (Å²) in [6.07, 6.45) is 0. The van der Waals surface area contributed by atoms with Crippen LogP contribution in [0.25, 0.3) is 22.4 Å². The van der Waals surface area contributed by atoms with E-state index in [0.717, 1.165) is 22.4 Å². The lowest BCUT2D eigenvalue weighted by Crippen LogP contribution is -1.83. The zero-order chi connectivity index (χ0) is 11.8. The average molecular weight is 291 g/mol. The summed E-state index contributed by atoms with van der Waals surface area (Å²) in [5.74, 6) is 0.467. The number of fused-ring (bicyclic) bond motifs is 1. The fourth-order valence-electron chi connectivity index (χ4n) is 1.76. The van der Waals surface area contributed by atoms with Gasteiger partial charge in [0.05, 0.1) is 11.0 Å². The fraction of sp³-hybridized carbons (Fsp3) is 0. The van der Waals surface area contributed by atoms with E-state index in [-0.39, 0.29) is 5.82 Å². The number of imidazole rings is 1. The summed E-state index contributed by atoms with van der Waals surface area (Å²) >= 11 is 3.34. The lowest BCUT2D eigenvalue weighted by atomic mass is 10.2. The molecule has 84 valence electrons. The van der Waals surface area contributed by atoms with Gasteiger partial charge in [-0.25, -0.2) is 9.37 Å². The normalized spacial score (nSPS) is 10.9. The third-order valence-corrected chi connectivity index (χ3v) is 3.23. The summed E-state index contributed by atoms with van der Waals surface area (Å²) in [5.41, 5.74) is 2.72. The first kappa shape index (κ1) is 10.5. The number of halogens is 2. The first-order chi connectivity index (χ1) is 8.24. The van der Waals surface area contributed by atoms with Crippen LogP contribution in [0.5, 0.6) is 0 Å². The van der Waals surface area contributed by atoms with E-state index in [1.54, 1.807) is 6.07 Å². The molecule has 0 radical (unpaired) electrons. The Bertz CT molecular complexity index is 658. The Morgan fingerprint density at radius 1 is 1.12 bits per heavy atom. The zero-order valence-corrected chi connectivity index (χ0v) is 10.3. The molecule has 0 fully saturated rings. The van der Waals surface area contributed by atoms with Crippen molar-refractivity contribution >= 4 is 27.0 Å². The van der Waals surface area contributed by atoms with Crippen molar-refractivity contribution in [2.75, 3.05) is 0 Å². The Labute approximate surface area is 106 Å². The van der Waals surface area contributed by atoms with Gasteiger partial charge < -0.3 is 4.98 Å². The Morgan fingerprint density at radius 2 is 1.94 bits per heavy atom. The fourth-order valence-corrected chi connectivity index (χ4v) is 2.30. The van der Waals surface area contributed by atoms with Gasteiger partial charge in [-0.2, -0.15) is 0 Å². The highest BCUT2D eigenvalue weighted by Gasteiger charge is 2.08. The maximum Gasteiger partial charge on any atom is 0.139 e. The molecule has 0 saturated carbocycles. The van der Waals surface area contributed by atoms with Crippen molar-refractivity contribution in [2.24, 2.45) is 0 Å². The van der Waals surface area contributed by atoms with E-state index in [9.17, 15) is 4.39 Å². The maximum absolute atomic E-state index is 13.0. The summed E-state index contributed by atoms with van der Waals surface area (Å²) in [7, 11) is 0. The van der Waals surface area contributed by atoms with Gasteiger partial charge >= 0.3 is 0 Å². The average Bonchev–Trinajstić information content (AvgIpc) is 2.72. The molecule has 0 spiro atoms. The van der Waals surface area contributed by atoms with Crippen LogP contribution in [0.4, 0.5) is 4.39 Å². The highest BCUT2D eigenvalue weighted by molar-refractivity contribution is 9.10. The minimum atomic E-state index is -0.267. The number of para-hydroxylation sites is 2. The largest absolute Gasteiger partial charge is 0.338 e. The number of nitrogens with zero attached hydrogens (tertiary/aromatic N) is 1. The topological polar surface area (TPSA) is 28.7 Å². The third kappa shape index (κ3) is 1.85. The highest BCUT2D eigenvalue weighted by Crippen LogP contribution is 2.28. The van der Waals surface area contributed by atoms with Gasteiger partial charge in [-0.1, -0.05) is 12.1 Å². The van der Waals surface area contributed by atoms with Crippen LogP contribution in [-0.4, -0.2) is 9.97 Å². The minimum absolute atomic E-state index is 0.267. The van der Waals surface area contributed by atoms with Crippen LogP contribution in [0.15, 0.2) is 46.9 Å². The molecule has 3 rings (SSSR count). The molecule has 0 aliphatic carbocycles. The number of hydrogen-bond acceptors (Lipinski definition) is 1. The minimum Gasteiger partial charge on any atom is -0.338 e. The van der Waals surface area contributed by atoms with Crippen LogP contribution in [0, 0.1) is 5.82 Å². The van der Waals surface area contributed by atoms with Crippen molar-refractivity contribution in [3.63, 3.8) is 0 Å². The molecule has 0 atom stereocenters. The van der Waals surface area contributed by atoms with Crippen LogP contribution < -0.4 is 0 Å². The summed E-state index contributed by atoms with van der Waals surface area (Å²) in [6, 6.07) is 12.3. The van der Waals surface area contributed by atoms with Crippen molar-refractivity contribution < 1.29 is 4.39 Å². The SMILES string of the molecule is Fc1ccc(-c2nc3ccccc3[nH]2)c(Br)c1. The number of nitrogens with one attached hydrogen (secondary N) is 1. The number of rotatable bonds is 1. The van der Waals surface area contributed by atoms with Gasteiger partial charge in [0.25, 0.3) is 0 Å². The summed E-state index contributed by atoms with van der Waals surface area (Å²) in [6.45, 7) is 0. The molecule has 0 aliphatic rings. The molecular weight excluding hydrogens is 283 g/mol. The Hall–Kier alpha value is -1.68. The van der Waals surface area contributed by atoms with E-state index >= 15 is 0 Å². The number of benzene rings is 2. The van der Waals surface area contributed by atoms with Crippen molar-refractivity contribution in [1.82, 2.24) is 9.97 Å². The van der Waals surface area contributed by atoms with Crippen molar-refractivity contribution in [3.8, 4) is 11.4 Å². The molecule has 2 nitrogen and oxygen atoms in total. The van der Waals surface area contributed by atoms with Gasteiger partial charge in [0.15, 0.2) is 0 Å². The monoisotopic (exact) mass is 290 g/mol. The van der Waals surface area contributed by atoms with Crippen LogP contribution in [0.2, 0.25) is 0 Å². The molecule has 0 bridgehead atoms. The Balaban J connectivity index is 2.20. The maximum atomic E-state index is 13.0. The quantitative estimate of drug-likeness (QED) is 0.717. The van der Waals surface area contributed by atoms with Gasteiger partial charge in [0, 0.05) is 10.0 Å². The number of H-pyrrole nitrogens is 1. The first-order valence-corrected chi connectivity index (χ1v) is 5.93. The van der Waals surface area contributed by atoms with E-state index in [4.69, 9.17) is 0 Å². The molecule has 17 heavy (non-hydrogen) atoms. The molecule has 0 amide bonds. The Morgan fingerprint density at radius 3 is 2.71 bits per heavy atom. The summed E-state index contributed by atoms with van der Waals surface area (Å²) in [4.78, 5) is 7.67. The molecule has 0 aliphatic heterocycles. The lowest BCUT2D eigenvalue weighted by molar-refractivity contribution is 0.627. The van der Waals surface area contributed by atoms with Gasteiger partial charge in [-0.15, -0.1) is 0 Å². The Kier molecular flexibility index (Phi) is 2.44. The molecule has 0 unspecified atom stereocenters. The molecule has 1 N–H and O–H groups in total. The first-order valence-electron chi connectivity index (χ1n) is 5.14. The van der Waals surface area contributed by atoms with Crippen LogP contribution in [-0.2, 0) is 0 Å². The van der Waals surface area contributed by atoms with Gasteiger partial charge in [-0.05, 0) is 46.3 Å². The summed E-state index contributed by atoms with van der Waals surface area (Å²) in [5, 5.41) is 0. The van der Waals surface area contributed by atoms with E-state index in [1.165, 1.54) is 12.1 Å². The van der Waals surface area contributed by atoms with Crippen molar-refractivity contribution in [3.05, 3.63) is 52.8 Å². The molecular formula is C13H8BrFN2. The van der Waals surface area contributed by atoms with Crippen LogP contribution in [0.1, 0.15) is 0 Å². The molecule has 4 heteroatoms. The number of hydrogen-bond donors (Lipinski definition) is 1. The van der Waals surface area contributed by atoms with Crippen molar-refractivity contribution in [2.45, 2.75) is 0 Å². The number of aromatic amines is 1. The van der Waals surface area contributed by atoms with E-state index in [0.29, 0.717) is 4.47 Å².